The number of anilines is 1. The first kappa shape index (κ1) is 17.2. The molecule has 1 atom stereocenters. The van der Waals surface area contributed by atoms with E-state index in [9.17, 15) is 9.59 Å². The van der Waals surface area contributed by atoms with E-state index in [0.717, 1.165) is 23.1 Å². The standard InChI is InChI=1S/C19H19N3O2S2/c1-2-12-7-8-13-16(11-12)26-19(20-13)21-17(23)14-5-3-9-22(14)18(24)15-6-4-10-25-15/h4,6-8,10-11,14H,2-3,5,9H2,1H3,(H,20,21,23)/t14-/m0/s1. The van der Waals surface area contributed by atoms with Crippen molar-refractivity contribution in [1.82, 2.24) is 9.88 Å². The van der Waals surface area contributed by atoms with Gasteiger partial charge in [-0.15, -0.1) is 11.3 Å². The Hall–Kier alpha value is -2.25. The number of likely N-dealkylation sites (tertiary alicyclic amines) is 1. The minimum absolute atomic E-state index is 0.0606. The highest BCUT2D eigenvalue weighted by Crippen LogP contribution is 2.28. The van der Waals surface area contributed by atoms with Crippen LogP contribution in [0.4, 0.5) is 5.13 Å². The molecule has 3 heterocycles. The number of nitrogens with zero attached hydrogens (tertiary/aromatic N) is 2. The SMILES string of the molecule is CCc1ccc2nc(NC(=O)[C@@H]3CCCN3C(=O)c3cccs3)sc2c1. The fourth-order valence-electron chi connectivity index (χ4n) is 3.26. The second kappa shape index (κ2) is 7.17. The van der Waals surface area contributed by atoms with Crippen LogP contribution in [0, 0.1) is 0 Å². The van der Waals surface area contributed by atoms with Gasteiger partial charge < -0.3 is 10.2 Å². The van der Waals surface area contributed by atoms with Crippen LogP contribution < -0.4 is 5.32 Å². The lowest BCUT2D eigenvalue weighted by Crippen LogP contribution is -2.42. The van der Waals surface area contributed by atoms with Gasteiger partial charge in [0.1, 0.15) is 6.04 Å². The zero-order chi connectivity index (χ0) is 18.1. The zero-order valence-electron chi connectivity index (χ0n) is 14.4. The smallest absolute Gasteiger partial charge is 0.264 e. The number of carbonyl (C=O) groups excluding carboxylic acids is 2. The lowest BCUT2D eigenvalue weighted by molar-refractivity contribution is -0.119. The molecule has 2 amide bonds. The second-order valence-electron chi connectivity index (χ2n) is 6.30. The molecule has 0 saturated carbocycles. The van der Waals surface area contributed by atoms with E-state index >= 15 is 0 Å². The van der Waals surface area contributed by atoms with Crippen LogP contribution in [0.1, 0.15) is 35.0 Å². The predicted molar refractivity (Wildman–Crippen MR) is 106 cm³/mol. The van der Waals surface area contributed by atoms with Gasteiger partial charge in [0.15, 0.2) is 5.13 Å². The molecular formula is C19H19N3O2S2. The summed E-state index contributed by atoms with van der Waals surface area (Å²) >= 11 is 2.89. The molecule has 1 aliphatic heterocycles. The van der Waals surface area contributed by atoms with Crippen molar-refractivity contribution < 1.29 is 9.59 Å². The summed E-state index contributed by atoms with van der Waals surface area (Å²) in [5, 5.41) is 5.39. The van der Waals surface area contributed by atoms with Gasteiger partial charge in [0.25, 0.3) is 5.91 Å². The first-order valence-corrected chi connectivity index (χ1v) is 10.4. The number of amides is 2. The van der Waals surface area contributed by atoms with Gasteiger partial charge in [0.2, 0.25) is 5.91 Å². The summed E-state index contributed by atoms with van der Waals surface area (Å²) in [5.41, 5.74) is 2.14. The van der Waals surface area contributed by atoms with Gasteiger partial charge in [-0.2, -0.15) is 0 Å². The van der Waals surface area contributed by atoms with Gasteiger partial charge in [-0.05, 0) is 48.4 Å². The van der Waals surface area contributed by atoms with Crippen LogP contribution in [0.15, 0.2) is 35.7 Å². The normalized spacial score (nSPS) is 17.0. The summed E-state index contributed by atoms with van der Waals surface area (Å²) in [4.78, 5) is 32.3. The molecule has 0 radical (unpaired) electrons. The monoisotopic (exact) mass is 385 g/mol. The Morgan fingerprint density at radius 2 is 2.23 bits per heavy atom. The van der Waals surface area contributed by atoms with E-state index in [0.29, 0.717) is 23.0 Å². The van der Waals surface area contributed by atoms with Crippen LogP contribution in [0.5, 0.6) is 0 Å². The number of aromatic nitrogens is 1. The van der Waals surface area contributed by atoms with Crippen LogP contribution in [0.3, 0.4) is 0 Å². The Morgan fingerprint density at radius 3 is 3.00 bits per heavy atom. The van der Waals surface area contributed by atoms with Crippen molar-refractivity contribution in [3.05, 3.63) is 46.2 Å². The predicted octanol–water partition coefficient (Wildman–Crippen LogP) is 4.16. The molecule has 0 aliphatic carbocycles. The lowest BCUT2D eigenvalue weighted by atomic mass is 10.2. The lowest BCUT2D eigenvalue weighted by Gasteiger charge is -2.22. The summed E-state index contributed by atoms with van der Waals surface area (Å²) in [6, 6.07) is 9.40. The zero-order valence-corrected chi connectivity index (χ0v) is 16.0. The number of carbonyl (C=O) groups is 2. The molecule has 0 unspecified atom stereocenters. The average molecular weight is 386 g/mol. The number of hydrogen-bond donors (Lipinski definition) is 1. The maximum Gasteiger partial charge on any atom is 0.264 e. The van der Waals surface area contributed by atoms with Crippen molar-refractivity contribution >= 4 is 49.8 Å². The maximum atomic E-state index is 12.8. The minimum atomic E-state index is -0.428. The topological polar surface area (TPSA) is 62.3 Å². The van der Waals surface area contributed by atoms with Gasteiger partial charge >= 0.3 is 0 Å². The quantitative estimate of drug-likeness (QED) is 0.733. The van der Waals surface area contributed by atoms with E-state index in [1.807, 2.05) is 17.5 Å². The average Bonchev–Trinajstić information content (AvgIpc) is 3.39. The highest BCUT2D eigenvalue weighted by Gasteiger charge is 2.35. The number of thiazole rings is 1. The number of aryl methyl sites for hydroxylation is 1. The van der Waals surface area contributed by atoms with Crippen molar-refractivity contribution in [3.8, 4) is 0 Å². The van der Waals surface area contributed by atoms with E-state index in [1.54, 1.807) is 11.0 Å². The molecular weight excluding hydrogens is 366 g/mol. The van der Waals surface area contributed by atoms with Crippen LogP contribution in [0.25, 0.3) is 10.2 Å². The van der Waals surface area contributed by atoms with Crippen LogP contribution >= 0.6 is 22.7 Å². The van der Waals surface area contributed by atoms with Gasteiger partial charge in [-0.25, -0.2) is 4.98 Å². The molecule has 5 nitrogen and oxygen atoms in total. The molecule has 1 aliphatic rings. The van der Waals surface area contributed by atoms with Gasteiger partial charge in [0, 0.05) is 6.54 Å². The second-order valence-corrected chi connectivity index (χ2v) is 8.28. The molecule has 7 heteroatoms. The number of rotatable bonds is 4. The summed E-state index contributed by atoms with van der Waals surface area (Å²) in [6.45, 7) is 2.73. The third-order valence-corrected chi connectivity index (χ3v) is 6.43. The Balaban J connectivity index is 1.51. The van der Waals surface area contributed by atoms with Gasteiger partial charge in [-0.3, -0.25) is 9.59 Å². The Kier molecular flexibility index (Phi) is 4.74. The summed E-state index contributed by atoms with van der Waals surface area (Å²) in [7, 11) is 0. The van der Waals surface area contributed by atoms with Crippen molar-refractivity contribution in [3.63, 3.8) is 0 Å². The summed E-state index contributed by atoms with van der Waals surface area (Å²) < 4.78 is 1.07. The Labute approximate surface area is 159 Å². The third kappa shape index (κ3) is 3.24. The molecule has 134 valence electrons. The first-order chi connectivity index (χ1) is 12.7. The maximum absolute atomic E-state index is 12.8. The molecule has 0 spiro atoms. The molecule has 2 aromatic heterocycles. The van der Waals surface area contributed by atoms with Crippen molar-refractivity contribution in [1.29, 1.82) is 0 Å². The van der Waals surface area contributed by atoms with E-state index in [-0.39, 0.29) is 11.8 Å². The number of hydrogen-bond acceptors (Lipinski definition) is 5. The number of nitrogens with one attached hydrogen (secondary N) is 1. The Morgan fingerprint density at radius 1 is 1.35 bits per heavy atom. The summed E-state index contributed by atoms with van der Waals surface area (Å²) in [5.74, 6) is -0.211. The van der Waals surface area contributed by atoms with Crippen molar-refractivity contribution in [2.45, 2.75) is 32.2 Å². The van der Waals surface area contributed by atoms with Crippen molar-refractivity contribution in [2.24, 2.45) is 0 Å². The van der Waals surface area contributed by atoms with E-state index in [2.05, 4.69) is 29.4 Å². The minimum Gasteiger partial charge on any atom is -0.326 e. The molecule has 1 N–H and O–H groups in total. The molecule has 1 saturated heterocycles. The van der Waals surface area contributed by atoms with E-state index < -0.39 is 6.04 Å². The van der Waals surface area contributed by atoms with Crippen LogP contribution in [0.2, 0.25) is 0 Å². The fourth-order valence-corrected chi connectivity index (χ4v) is 4.87. The molecule has 3 aromatic rings. The van der Waals surface area contributed by atoms with E-state index in [4.69, 9.17) is 0 Å². The fraction of sp³-hybridized carbons (Fsp3) is 0.316. The number of benzene rings is 1. The van der Waals surface area contributed by atoms with Gasteiger partial charge in [-0.1, -0.05) is 30.4 Å². The molecule has 0 bridgehead atoms. The number of fused-ring (bicyclic) bond motifs is 1. The third-order valence-electron chi connectivity index (χ3n) is 4.64. The van der Waals surface area contributed by atoms with Crippen LogP contribution in [-0.4, -0.2) is 34.3 Å². The van der Waals surface area contributed by atoms with Crippen molar-refractivity contribution in [2.75, 3.05) is 11.9 Å². The first-order valence-electron chi connectivity index (χ1n) is 8.70. The molecule has 1 aromatic carbocycles. The Bertz CT molecular complexity index is 949. The summed E-state index contributed by atoms with van der Waals surface area (Å²) in [6.07, 6.45) is 2.50. The highest BCUT2D eigenvalue weighted by atomic mass is 32.1. The molecule has 4 rings (SSSR count). The number of thiophene rings is 1. The highest BCUT2D eigenvalue weighted by molar-refractivity contribution is 7.22. The van der Waals surface area contributed by atoms with E-state index in [1.165, 1.54) is 28.2 Å². The van der Waals surface area contributed by atoms with Gasteiger partial charge in [0.05, 0.1) is 15.1 Å². The largest absolute Gasteiger partial charge is 0.326 e. The molecule has 1 fully saturated rings. The van der Waals surface area contributed by atoms with Crippen LogP contribution in [-0.2, 0) is 11.2 Å². The molecule has 26 heavy (non-hydrogen) atoms.